The van der Waals surface area contributed by atoms with Crippen LogP contribution in [0.1, 0.15) is 27.8 Å². The molecule has 0 spiro atoms. The highest BCUT2D eigenvalue weighted by atomic mass is 19.4. The minimum absolute atomic E-state index is 0.0896. The van der Waals surface area contributed by atoms with Gasteiger partial charge in [0.1, 0.15) is 6.07 Å². The van der Waals surface area contributed by atoms with Crippen LogP contribution in [0.15, 0.2) is 164 Å². The lowest BCUT2D eigenvalue weighted by molar-refractivity contribution is -0.137. The number of aromatic nitrogens is 2. The van der Waals surface area contributed by atoms with Gasteiger partial charge < -0.3 is 9.13 Å². The molecular formula is C53H27F3N6. The van der Waals surface area contributed by atoms with Gasteiger partial charge in [-0.05, 0) is 95.1 Å². The second kappa shape index (κ2) is 14.4. The van der Waals surface area contributed by atoms with Crippen LogP contribution in [-0.2, 0) is 6.18 Å². The van der Waals surface area contributed by atoms with Gasteiger partial charge in [-0.1, -0.05) is 91.0 Å². The summed E-state index contributed by atoms with van der Waals surface area (Å²) in [5.74, 6) is 0. The van der Waals surface area contributed by atoms with Crippen LogP contribution in [0.5, 0.6) is 0 Å². The summed E-state index contributed by atoms with van der Waals surface area (Å²) in [6, 6.07) is 56.9. The molecule has 8 aromatic carbocycles. The number of benzene rings is 8. The fourth-order valence-electron chi connectivity index (χ4n) is 8.76. The summed E-state index contributed by atoms with van der Waals surface area (Å²) in [4.78, 5) is 0. The number of hydrogen-bond donors (Lipinski definition) is 0. The molecule has 0 radical (unpaired) electrons. The van der Waals surface area contributed by atoms with E-state index in [4.69, 9.17) is 0 Å². The van der Waals surface area contributed by atoms with Gasteiger partial charge in [0, 0.05) is 32.7 Å². The third-order valence-corrected chi connectivity index (χ3v) is 11.5. The Kier molecular flexibility index (Phi) is 8.70. The number of rotatable bonds is 5. The lowest BCUT2D eigenvalue weighted by Crippen LogP contribution is -2.11. The summed E-state index contributed by atoms with van der Waals surface area (Å²) in [6.07, 6.45) is -4.85. The second-order valence-corrected chi connectivity index (χ2v) is 14.9. The fourth-order valence-corrected chi connectivity index (χ4v) is 8.76. The average molecular weight is 805 g/mol. The van der Waals surface area contributed by atoms with Crippen LogP contribution in [0, 0.1) is 45.3 Å². The molecule has 10 aromatic rings. The zero-order valence-corrected chi connectivity index (χ0v) is 32.4. The zero-order valence-electron chi connectivity index (χ0n) is 32.4. The molecule has 0 saturated heterocycles. The van der Waals surface area contributed by atoms with Crippen molar-refractivity contribution in [2.75, 3.05) is 0 Å². The zero-order chi connectivity index (χ0) is 42.7. The first-order valence-corrected chi connectivity index (χ1v) is 19.5. The van der Waals surface area contributed by atoms with Crippen LogP contribution in [0.3, 0.4) is 0 Å². The van der Waals surface area contributed by atoms with Gasteiger partial charge in [-0.25, -0.2) is 0 Å². The molecule has 0 bridgehead atoms. The molecule has 290 valence electrons. The van der Waals surface area contributed by atoms with Gasteiger partial charge in [-0.3, -0.25) is 0 Å². The average Bonchev–Trinajstić information content (AvgIpc) is 3.82. The molecule has 0 atom stereocenters. The van der Waals surface area contributed by atoms with E-state index < -0.39 is 11.7 Å². The first-order valence-electron chi connectivity index (χ1n) is 19.5. The van der Waals surface area contributed by atoms with E-state index in [1.54, 1.807) is 48.5 Å². The molecule has 10 rings (SSSR count). The Bertz CT molecular complexity index is 3690. The number of fused-ring (bicyclic) bond motifs is 6. The molecule has 6 nitrogen and oxygen atoms in total. The molecule has 2 aromatic heterocycles. The normalized spacial score (nSPS) is 11.4. The number of alkyl halides is 3. The van der Waals surface area contributed by atoms with Crippen LogP contribution in [-0.4, -0.2) is 9.13 Å². The number of halogens is 3. The van der Waals surface area contributed by atoms with E-state index in [0.717, 1.165) is 49.9 Å². The third-order valence-electron chi connectivity index (χ3n) is 11.5. The topological polar surface area (TPSA) is 105 Å². The van der Waals surface area contributed by atoms with Gasteiger partial charge in [0.05, 0.1) is 79.5 Å². The molecule has 62 heavy (non-hydrogen) atoms. The van der Waals surface area contributed by atoms with Crippen LogP contribution >= 0.6 is 0 Å². The molecule has 9 heteroatoms. The maximum Gasteiger partial charge on any atom is 0.417 e. The molecule has 0 amide bonds. The molecule has 0 aliphatic carbocycles. The summed E-state index contributed by atoms with van der Waals surface area (Å²) in [5, 5.41) is 44.3. The Morgan fingerprint density at radius 1 is 0.387 bits per heavy atom. The molecular weight excluding hydrogens is 778 g/mol. The van der Waals surface area contributed by atoms with Crippen molar-refractivity contribution in [3.05, 3.63) is 192 Å². The minimum atomic E-state index is -4.85. The van der Waals surface area contributed by atoms with E-state index in [0.29, 0.717) is 38.9 Å². The van der Waals surface area contributed by atoms with E-state index in [1.165, 1.54) is 12.1 Å². The Balaban J connectivity index is 1.35. The SMILES string of the molecule is N#Cc1cccc(-c2ccc3c4ccccc4n(-c4cc(-c5c(C#N)cccc5C(F)(F)F)c(-n5c6ccccc6c6ccc(-c7cccc(C#N)c7)cc65)cc4C#N)c3c2)c1. The van der Waals surface area contributed by atoms with E-state index in [1.807, 2.05) is 112 Å². The summed E-state index contributed by atoms with van der Waals surface area (Å²) in [7, 11) is 0. The lowest BCUT2D eigenvalue weighted by atomic mass is 9.91. The lowest BCUT2D eigenvalue weighted by Gasteiger charge is -2.22. The van der Waals surface area contributed by atoms with Crippen LogP contribution in [0.2, 0.25) is 0 Å². The highest BCUT2D eigenvalue weighted by Gasteiger charge is 2.36. The van der Waals surface area contributed by atoms with Crippen molar-refractivity contribution < 1.29 is 13.2 Å². The predicted octanol–water partition coefficient (Wildman–Crippen LogP) is 13.4. The van der Waals surface area contributed by atoms with Crippen molar-refractivity contribution >= 4 is 43.6 Å². The van der Waals surface area contributed by atoms with E-state index >= 15 is 13.2 Å². The molecule has 0 aliphatic heterocycles. The smallest absolute Gasteiger partial charge is 0.309 e. The minimum Gasteiger partial charge on any atom is -0.309 e. The van der Waals surface area contributed by atoms with Gasteiger partial charge >= 0.3 is 6.18 Å². The van der Waals surface area contributed by atoms with Crippen LogP contribution in [0.4, 0.5) is 13.2 Å². The van der Waals surface area contributed by atoms with E-state index in [2.05, 4.69) is 18.2 Å². The number of hydrogen-bond acceptors (Lipinski definition) is 4. The number of nitrogens with zero attached hydrogens (tertiary/aromatic N) is 6. The summed E-state index contributed by atoms with van der Waals surface area (Å²) >= 11 is 0. The monoisotopic (exact) mass is 804 g/mol. The van der Waals surface area contributed by atoms with Crippen molar-refractivity contribution in [3.8, 4) is 69.0 Å². The van der Waals surface area contributed by atoms with Gasteiger partial charge in [0.25, 0.3) is 0 Å². The van der Waals surface area contributed by atoms with Gasteiger partial charge in [-0.2, -0.15) is 34.2 Å². The van der Waals surface area contributed by atoms with Gasteiger partial charge in [0.15, 0.2) is 0 Å². The molecule has 2 heterocycles. The third kappa shape index (κ3) is 5.93. The van der Waals surface area contributed by atoms with Gasteiger partial charge in [0.2, 0.25) is 0 Å². The molecule has 0 fully saturated rings. The summed E-state index contributed by atoms with van der Waals surface area (Å²) < 4.78 is 49.7. The van der Waals surface area contributed by atoms with Gasteiger partial charge in [-0.15, -0.1) is 0 Å². The summed E-state index contributed by atoms with van der Waals surface area (Å²) in [6.45, 7) is 0. The largest absolute Gasteiger partial charge is 0.417 e. The standard InChI is InChI=1S/C53H27F3N6/c54-53(55,56)45-15-7-12-38(30-59)52(45)44-27-48(61-46-16-3-1-13-40(46)42-20-18-36(24-49(42)61)34-10-5-8-32(22-34)28-57)39(31-60)26-51(44)62-47-17-4-2-14-41(47)43-21-19-37(25-50(43)62)35-11-6-9-33(23-35)29-58/h1-27H. The Hall–Kier alpha value is -8.89. The summed E-state index contributed by atoms with van der Waals surface area (Å²) in [5.41, 5.74) is 6.16. The molecule has 0 aliphatic rings. The highest BCUT2D eigenvalue weighted by molar-refractivity contribution is 6.12. The van der Waals surface area contributed by atoms with E-state index in [9.17, 15) is 21.0 Å². The van der Waals surface area contributed by atoms with E-state index in [-0.39, 0.29) is 27.9 Å². The van der Waals surface area contributed by atoms with Crippen molar-refractivity contribution in [1.82, 2.24) is 9.13 Å². The highest BCUT2D eigenvalue weighted by Crippen LogP contribution is 2.46. The van der Waals surface area contributed by atoms with Crippen molar-refractivity contribution in [2.24, 2.45) is 0 Å². The molecule has 0 saturated carbocycles. The number of para-hydroxylation sites is 2. The van der Waals surface area contributed by atoms with Crippen molar-refractivity contribution in [1.29, 1.82) is 21.0 Å². The second-order valence-electron chi connectivity index (χ2n) is 14.9. The fraction of sp³-hybridized carbons (Fsp3) is 0.0189. The molecule has 0 N–H and O–H groups in total. The molecule has 0 unspecified atom stereocenters. The van der Waals surface area contributed by atoms with Crippen LogP contribution in [0.25, 0.3) is 88.4 Å². The first-order chi connectivity index (χ1) is 30.2. The van der Waals surface area contributed by atoms with Crippen LogP contribution < -0.4 is 0 Å². The Morgan fingerprint density at radius 2 is 0.871 bits per heavy atom. The number of nitriles is 4. The quantitative estimate of drug-likeness (QED) is 0.173. The first kappa shape index (κ1) is 37.4. The van der Waals surface area contributed by atoms with Crippen molar-refractivity contribution in [3.63, 3.8) is 0 Å². The Labute approximate surface area is 352 Å². The van der Waals surface area contributed by atoms with Crippen molar-refractivity contribution in [2.45, 2.75) is 6.18 Å². The maximum atomic E-state index is 15.3. The maximum absolute atomic E-state index is 15.3. The predicted molar refractivity (Wildman–Crippen MR) is 235 cm³/mol. The Morgan fingerprint density at radius 3 is 1.39 bits per heavy atom.